The highest BCUT2D eigenvalue weighted by Crippen LogP contribution is 2.40. The van der Waals surface area contributed by atoms with Crippen molar-refractivity contribution in [3.05, 3.63) is 0 Å². The maximum Gasteiger partial charge on any atom is 0.327 e. The third-order valence-corrected chi connectivity index (χ3v) is 4.08. The van der Waals surface area contributed by atoms with Gasteiger partial charge in [-0.05, 0) is 6.42 Å². The van der Waals surface area contributed by atoms with E-state index in [1.807, 2.05) is 13.8 Å². The van der Waals surface area contributed by atoms with Crippen molar-refractivity contribution >= 4 is 17.8 Å². The number of rotatable bonds is 3. The smallest absolute Gasteiger partial charge is 0.327 e. The number of carbonyl (C=O) groups excluding carboxylic acids is 3. The van der Waals surface area contributed by atoms with Crippen LogP contribution in [-0.2, 0) is 9.59 Å². The van der Waals surface area contributed by atoms with E-state index < -0.39 is 12.1 Å². The van der Waals surface area contributed by atoms with Crippen LogP contribution in [0, 0.1) is 5.41 Å². The molecular weight excluding hydrogens is 250 g/mol. The summed E-state index contributed by atoms with van der Waals surface area (Å²) in [6.07, 6.45) is 0.0690. The molecule has 1 saturated carbocycles. The van der Waals surface area contributed by atoms with Gasteiger partial charge in [0.05, 0.1) is 6.10 Å². The van der Waals surface area contributed by atoms with Crippen LogP contribution in [0.3, 0.4) is 0 Å². The topological polar surface area (TPSA) is 90.0 Å². The quantitative estimate of drug-likeness (QED) is 0.653. The molecule has 2 unspecified atom stereocenters. The molecule has 2 rings (SSSR count). The number of likely N-dealkylation sites (N-methyl/N-ethyl adjacent to an activating group) is 1. The molecule has 2 fully saturated rings. The van der Waals surface area contributed by atoms with E-state index in [4.69, 9.17) is 0 Å². The van der Waals surface area contributed by atoms with Crippen molar-refractivity contribution in [2.24, 2.45) is 5.41 Å². The minimum atomic E-state index is -0.451. The van der Waals surface area contributed by atoms with Crippen LogP contribution in [0.25, 0.3) is 0 Å². The summed E-state index contributed by atoms with van der Waals surface area (Å²) in [5, 5.41) is 12.3. The molecule has 1 aliphatic carbocycles. The Balaban J connectivity index is 1.89. The Bertz CT molecular complexity index is 435. The van der Waals surface area contributed by atoms with Crippen molar-refractivity contribution < 1.29 is 19.5 Å². The van der Waals surface area contributed by atoms with Gasteiger partial charge < -0.3 is 15.3 Å². The van der Waals surface area contributed by atoms with E-state index in [9.17, 15) is 19.5 Å². The van der Waals surface area contributed by atoms with Crippen molar-refractivity contribution in [2.45, 2.75) is 32.4 Å². The molecular formula is C12H19N3O4. The van der Waals surface area contributed by atoms with Gasteiger partial charge in [0.2, 0.25) is 5.91 Å². The van der Waals surface area contributed by atoms with Crippen LogP contribution in [-0.4, -0.2) is 65.0 Å². The maximum absolute atomic E-state index is 11.8. The monoisotopic (exact) mass is 269 g/mol. The third kappa shape index (κ3) is 2.30. The number of aliphatic hydroxyl groups is 1. The lowest BCUT2D eigenvalue weighted by atomic mass is 9.64. The number of carbonyl (C=O) groups is 3. The van der Waals surface area contributed by atoms with Crippen molar-refractivity contribution in [1.82, 2.24) is 15.1 Å². The average Bonchev–Trinajstić information content (AvgIpc) is 2.56. The van der Waals surface area contributed by atoms with Crippen LogP contribution >= 0.6 is 0 Å². The van der Waals surface area contributed by atoms with Gasteiger partial charge in [-0.1, -0.05) is 13.8 Å². The lowest BCUT2D eigenvalue weighted by Crippen LogP contribution is -2.62. The lowest BCUT2D eigenvalue weighted by Gasteiger charge is -2.49. The van der Waals surface area contributed by atoms with Gasteiger partial charge in [-0.3, -0.25) is 14.5 Å². The van der Waals surface area contributed by atoms with Crippen molar-refractivity contribution in [2.75, 3.05) is 20.1 Å². The van der Waals surface area contributed by atoms with E-state index >= 15 is 0 Å². The van der Waals surface area contributed by atoms with Crippen LogP contribution in [0.1, 0.15) is 20.3 Å². The molecule has 4 amide bonds. The molecule has 7 heteroatoms. The molecule has 0 aromatic carbocycles. The Kier molecular flexibility index (Phi) is 3.25. The number of hydrogen-bond donors (Lipinski definition) is 2. The highest BCUT2D eigenvalue weighted by atomic mass is 16.3. The summed E-state index contributed by atoms with van der Waals surface area (Å²) in [4.78, 5) is 37.2. The Hall–Kier alpha value is -1.63. The summed E-state index contributed by atoms with van der Waals surface area (Å²) < 4.78 is 0. The second kappa shape index (κ2) is 4.48. The van der Waals surface area contributed by atoms with E-state index in [0.29, 0.717) is 6.42 Å². The molecule has 0 spiro atoms. The number of urea groups is 1. The summed E-state index contributed by atoms with van der Waals surface area (Å²) in [5.41, 5.74) is -0.370. The van der Waals surface area contributed by atoms with Crippen LogP contribution in [0.4, 0.5) is 4.79 Å². The fraction of sp³-hybridized carbons (Fsp3) is 0.750. The Morgan fingerprint density at radius 1 is 1.47 bits per heavy atom. The summed E-state index contributed by atoms with van der Waals surface area (Å²) >= 11 is 0. The van der Waals surface area contributed by atoms with Gasteiger partial charge >= 0.3 is 6.03 Å². The molecule has 0 aromatic rings. The second-order valence-electron chi connectivity index (χ2n) is 5.81. The third-order valence-electron chi connectivity index (χ3n) is 4.08. The zero-order valence-electron chi connectivity index (χ0n) is 11.3. The fourth-order valence-corrected chi connectivity index (χ4v) is 2.36. The Labute approximate surface area is 111 Å². The first-order valence-corrected chi connectivity index (χ1v) is 6.26. The zero-order valence-corrected chi connectivity index (χ0v) is 11.3. The van der Waals surface area contributed by atoms with Gasteiger partial charge in [0, 0.05) is 18.5 Å². The number of imide groups is 1. The molecule has 2 aliphatic rings. The predicted octanol–water partition coefficient (Wildman–Crippen LogP) is -0.844. The second-order valence-corrected chi connectivity index (χ2v) is 5.81. The molecule has 2 N–H and O–H groups in total. The summed E-state index contributed by atoms with van der Waals surface area (Å²) in [7, 11) is 1.52. The molecule has 1 heterocycles. The molecule has 1 aliphatic heterocycles. The minimum absolute atomic E-state index is 0.0136. The van der Waals surface area contributed by atoms with Gasteiger partial charge in [-0.15, -0.1) is 0 Å². The fourth-order valence-electron chi connectivity index (χ4n) is 2.36. The van der Waals surface area contributed by atoms with Crippen molar-refractivity contribution in [3.63, 3.8) is 0 Å². The summed E-state index contributed by atoms with van der Waals surface area (Å²) in [6.45, 7) is 3.49. The Morgan fingerprint density at radius 3 is 2.53 bits per heavy atom. The number of aliphatic hydroxyl groups excluding tert-OH is 1. The molecule has 0 bridgehead atoms. The number of amides is 4. The predicted molar refractivity (Wildman–Crippen MR) is 66.1 cm³/mol. The molecule has 19 heavy (non-hydrogen) atoms. The molecule has 2 atom stereocenters. The van der Waals surface area contributed by atoms with Gasteiger partial charge in [-0.2, -0.15) is 0 Å². The van der Waals surface area contributed by atoms with Gasteiger partial charge in [0.1, 0.15) is 13.1 Å². The normalized spacial score (nSPS) is 29.5. The number of hydrogen-bond acceptors (Lipinski definition) is 4. The van der Waals surface area contributed by atoms with Crippen LogP contribution in [0.5, 0.6) is 0 Å². The van der Waals surface area contributed by atoms with E-state index in [1.54, 1.807) is 0 Å². The first-order valence-electron chi connectivity index (χ1n) is 6.26. The largest absolute Gasteiger partial charge is 0.392 e. The van der Waals surface area contributed by atoms with E-state index in [2.05, 4.69) is 5.32 Å². The van der Waals surface area contributed by atoms with E-state index in [0.717, 1.165) is 4.90 Å². The number of nitrogens with zero attached hydrogens (tertiary/aromatic N) is 2. The first-order chi connectivity index (χ1) is 8.73. The lowest BCUT2D eigenvalue weighted by molar-refractivity contribution is -0.134. The number of nitrogens with one attached hydrogen (secondary N) is 1. The van der Waals surface area contributed by atoms with Gasteiger partial charge in [0.15, 0.2) is 0 Å². The van der Waals surface area contributed by atoms with Crippen LogP contribution < -0.4 is 5.32 Å². The minimum Gasteiger partial charge on any atom is -0.392 e. The van der Waals surface area contributed by atoms with E-state index in [1.165, 1.54) is 11.9 Å². The van der Waals surface area contributed by atoms with Gasteiger partial charge in [-0.25, -0.2) is 4.79 Å². The zero-order chi connectivity index (χ0) is 14.4. The first kappa shape index (κ1) is 13.8. The maximum atomic E-state index is 11.8. The van der Waals surface area contributed by atoms with E-state index in [-0.39, 0.29) is 36.4 Å². The van der Waals surface area contributed by atoms with Crippen LogP contribution in [0.2, 0.25) is 0 Å². The highest BCUT2D eigenvalue weighted by molar-refractivity contribution is 6.04. The summed E-state index contributed by atoms with van der Waals surface area (Å²) in [5.74, 6) is -0.738. The van der Waals surface area contributed by atoms with Crippen molar-refractivity contribution in [1.29, 1.82) is 0 Å². The summed E-state index contributed by atoms with van der Waals surface area (Å²) in [6, 6.07) is -0.575. The average molecular weight is 269 g/mol. The molecule has 106 valence electrons. The molecule has 0 aromatic heterocycles. The van der Waals surface area contributed by atoms with Crippen LogP contribution in [0.15, 0.2) is 0 Å². The molecule has 0 radical (unpaired) electrons. The SMILES string of the molecule is CN1CC(=O)N(CC(=O)NC2CC(O)C2(C)C)C1=O. The Morgan fingerprint density at radius 2 is 2.11 bits per heavy atom. The highest BCUT2D eigenvalue weighted by Gasteiger charge is 2.48. The van der Waals surface area contributed by atoms with Crippen molar-refractivity contribution in [3.8, 4) is 0 Å². The standard InChI is InChI=1S/C12H19N3O4/c1-12(2)7(4-8(12)16)13-9(17)5-15-10(18)6-14(3)11(15)19/h7-8,16H,4-6H2,1-3H3,(H,13,17). The molecule has 1 saturated heterocycles. The molecule has 7 nitrogen and oxygen atoms in total. The van der Waals surface area contributed by atoms with Gasteiger partial charge in [0.25, 0.3) is 5.91 Å².